The summed E-state index contributed by atoms with van der Waals surface area (Å²) in [6.45, 7) is 9.22. The molecular weight excluding hydrogens is 204 g/mol. The fourth-order valence-electron chi connectivity index (χ4n) is 2.13. The highest BCUT2D eigenvalue weighted by Gasteiger charge is 2.17. The monoisotopic (exact) mass is 224 g/mol. The Balaban J connectivity index is 2.70. The maximum atomic E-state index is 5.87. The predicted octanol–water partition coefficient (Wildman–Crippen LogP) is 4.81. The largest absolute Gasteiger partial charge is 0.0843 e. The molecule has 0 amide bonds. The van der Waals surface area contributed by atoms with Crippen molar-refractivity contribution < 1.29 is 0 Å². The van der Waals surface area contributed by atoms with E-state index >= 15 is 0 Å². The van der Waals surface area contributed by atoms with Gasteiger partial charge in [-0.2, -0.15) is 0 Å². The Morgan fingerprint density at radius 3 is 1.80 bits per heavy atom. The molecule has 0 spiro atoms. The molecule has 0 N–H and O–H groups in total. The maximum Gasteiger partial charge on any atom is 0.0406 e. The van der Waals surface area contributed by atoms with Gasteiger partial charge in [-0.25, -0.2) is 0 Å². The third kappa shape index (κ3) is 3.87. The fourth-order valence-corrected chi connectivity index (χ4v) is 2.26. The number of hydrogen-bond acceptors (Lipinski definition) is 0. The minimum Gasteiger partial charge on any atom is -0.0843 e. The van der Waals surface area contributed by atoms with E-state index in [0.717, 1.165) is 29.2 Å². The Bertz CT molecular complexity index is 277. The van der Waals surface area contributed by atoms with Gasteiger partial charge in [0.15, 0.2) is 0 Å². The zero-order valence-electron chi connectivity index (χ0n) is 10.1. The SMILES string of the molecule is CC(C)C(Cc1ccc(Cl)cc1)C(C)C. The molecule has 1 heteroatoms. The molecule has 0 fully saturated rings. The van der Waals surface area contributed by atoms with Crippen molar-refractivity contribution in [3.63, 3.8) is 0 Å². The van der Waals surface area contributed by atoms with Crippen LogP contribution >= 0.6 is 11.6 Å². The van der Waals surface area contributed by atoms with Gasteiger partial charge in [0.2, 0.25) is 0 Å². The van der Waals surface area contributed by atoms with Crippen molar-refractivity contribution in [2.45, 2.75) is 34.1 Å². The Kier molecular flexibility index (Phi) is 4.66. The van der Waals surface area contributed by atoms with Gasteiger partial charge < -0.3 is 0 Å². The van der Waals surface area contributed by atoms with E-state index in [4.69, 9.17) is 11.6 Å². The smallest absolute Gasteiger partial charge is 0.0406 e. The van der Waals surface area contributed by atoms with E-state index in [-0.39, 0.29) is 0 Å². The van der Waals surface area contributed by atoms with Gasteiger partial charge in [-0.1, -0.05) is 51.4 Å². The van der Waals surface area contributed by atoms with E-state index in [1.54, 1.807) is 0 Å². The molecule has 0 aliphatic carbocycles. The summed E-state index contributed by atoms with van der Waals surface area (Å²) < 4.78 is 0. The first-order chi connectivity index (χ1) is 7.00. The van der Waals surface area contributed by atoms with Crippen LogP contribution in [0.1, 0.15) is 33.3 Å². The lowest BCUT2D eigenvalue weighted by atomic mass is 9.81. The van der Waals surface area contributed by atoms with Gasteiger partial charge in [0.25, 0.3) is 0 Å². The van der Waals surface area contributed by atoms with E-state index < -0.39 is 0 Å². The third-order valence-corrected chi connectivity index (χ3v) is 3.35. The fraction of sp³-hybridized carbons (Fsp3) is 0.571. The van der Waals surface area contributed by atoms with E-state index in [1.807, 2.05) is 12.1 Å². The summed E-state index contributed by atoms with van der Waals surface area (Å²) in [5.41, 5.74) is 1.40. The van der Waals surface area contributed by atoms with Crippen molar-refractivity contribution >= 4 is 11.6 Å². The second-order valence-corrected chi connectivity index (χ2v) is 5.42. The molecule has 0 bridgehead atoms. The van der Waals surface area contributed by atoms with E-state index in [0.29, 0.717) is 0 Å². The van der Waals surface area contributed by atoms with Crippen LogP contribution in [0.4, 0.5) is 0 Å². The lowest BCUT2D eigenvalue weighted by Crippen LogP contribution is -2.18. The zero-order valence-corrected chi connectivity index (χ0v) is 10.9. The van der Waals surface area contributed by atoms with E-state index in [9.17, 15) is 0 Å². The summed E-state index contributed by atoms with van der Waals surface area (Å²) in [5, 5.41) is 0.824. The van der Waals surface area contributed by atoms with Crippen LogP contribution in [0.5, 0.6) is 0 Å². The van der Waals surface area contributed by atoms with Crippen LogP contribution in [0.15, 0.2) is 24.3 Å². The van der Waals surface area contributed by atoms with Crippen LogP contribution in [0, 0.1) is 17.8 Å². The number of rotatable bonds is 4. The minimum absolute atomic E-state index is 0.737. The first-order valence-corrected chi connectivity index (χ1v) is 6.13. The molecule has 0 aliphatic heterocycles. The van der Waals surface area contributed by atoms with Gasteiger partial charge in [-0.3, -0.25) is 0 Å². The van der Waals surface area contributed by atoms with Crippen LogP contribution in [-0.4, -0.2) is 0 Å². The second-order valence-electron chi connectivity index (χ2n) is 4.98. The normalized spacial score (nSPS) is 11.7. The molecule has 0 aromatic heterocycles. The van der Waals surface area contributed by atoms with Crippen LogP contribution in [0.25, 0.3) is 0 Å². The lowest BCUT2D eigenvalue weighted by Gasteiger charge is -2.24. The molecule has 1 rings (SSSR count). The van der Waals surface area contributed by atoms with Crippen molar-refractivity contribution in [3.05, 3.63) is 34.9 Å². The first kappa shape index (κ1) is 12.6. The summed E-state index contributed by atoms with van der Waals surface area (Å²) >= 11 is 5.87. The highest BCUT2D eigenvalue weighted by Crippen LogP contribution is 2.25. The van der Waals surface area contributed by atoms with Gasteiger partial charge in [0, 0.05) is 5.02 Å². The summed E-state index contributed by atoms with van der Waals surface area (Å²) in [4.78, 5) is 0. The van der Waals surface area contributed by atoms with Gasteiger partial charge in [0.05, 0.1) is 0 Å². The van der Waals surface area contributed by atoms with Gasteiger partial charge >= 0.3 is 0 Å². The molecule has 1 aromatic carbocycles. The highest BCUT2D eigenvalue weighted by atomic mass is 35.5. The summed E-state index contributed by atoms with van der Waals surface area (Å²) in [7, 11) is 0. The van der Waals surface area contributed by atoms with Crippen LogP contribution in [0.3, 0.4) is 0 Å². The van der Waals surface area contributed by atoms with Crippen LogP contribution < -0.4 is 0 Å². The average molecular weight is 225 g/mol. The molecule has 0 saturated heterocycles. The topological polar surface area (TPSA) is 0 Å². The zero-order chi connectivity index (χ0) is 11.4. The summed E-state index contributed by atoms with van der Waals surface area (Å²) in [6.07, 6.45) is 1.16. The molecule has 0 heterocycles. The second kappa shape index (κ2) is 5.55. The first-order valence-electron chi connectivity index (χ1n) is 5.75. The van der Waals surface area contributed by atoms with E-state index in [1.165, 1.54) is 5.56 Å². The Hall–Kier alpha value is -0.490. The maximum absolute atomic E-state index is 5.87. The standard InChI is InChI=1S/C14H21Cl/c1-10(2)14(11(3)4)9-12-5-7-13(15)8-6-12/h5-8,10-11,14H,9H2,1-4H3. The van der Waals surface area contributed by atoms with Crippen LogP contribution in [-0.2, 0) is 6.42 Å². The quantitative estimate of drug-likeness (QED) is 0.689. The van der Waals surface area contributed by atoms with Gasteiger partial charge in [-0.15, -0.1) is 0 Å². The molecular formula is C14H21Cl. The van der Waals surface area contributed by atoms with Gasteiger partial charge in [-0.05, 0) is 41.9 Å². The molecule has 0 aliphatic rings. The minimum atomic E-state index is 0.737. The Morgan fingerprint density at radius 2 is 1.40 bits per heavy atom. The molecule has 0 unspecified atom stereocenters. The number of benzene rings is 1. The highest BCUT2D eigenvalue weighted by molar-refractivity contribution is 6.30. The third-order valence-electron chi connectivity index (χ3n) is 3.10. The molecule has 15 heavy (non-hydrogen) atoms. The van der Waals surface area contributed by atoms with Crippen LogP contribution in [0.2, 0.25) is 5.02 Å². The molecule has 0 atom stereocenters. The molecule has 0 radical (unpaired) electrons. The summed E-state index contributed by atoms with van der Waals surface area (Å²) in [6, 6.07) is 8.24. The van der Waals surface area contributed by atoms with E-state index in [2.05, 4.69) is 39.8 Å². The lowest BCUT2D eigenvalue weighted by molar-refractivity contribution is 0.286. The Morgan fingerprint density at radius 1 is 0.933 bits per heavy atom. The van der Waals surface area contributed by atoms with Crippen molar-refractivity contribution in [1.82, 2.24) is 0 Å². The van der Waals surface area contributed by atoms with Crippen molar-refractivity contribution in [3.8, 4) is 0 Å². The van der Waals surface area contributed by atoms with Crippen molar-refractivity contribution in [2.24, 2.45) is 17.8 Å². The Labute approximate surface area is 98.7 Å². The number of halogens is 1. The molecule has 0 saturated carbocycles. The summed E-state index contributed by atoms with van der Waals surface area (Å²) in [5.74, 6) is 2.23. The van der Waals surface area contributed by atoms with Crippen molar-refractivity contribution in [1.29, 1.82) is 0 Å². The molecule has 1 aromatic rings. The predicted molar refractivity (Wildman–Crippen MR) is 68.3 cm³/mol. The van der Waals surface area contributed by atoms with Gasteiger partial charge in [0.1, 0.15) is 0 Å². The number of hydrogen-bond donors (Lipinski definition) is 0. The molecule has 84 valence electrons. The van der Waals surface area contributed by atoms with Crippen molar-refractivity contribution in [2.75, 3.05) is 0 Å². The average Bonchev–Trinajstić information content (AvgIpc) is 2.15. The molecule has 0 nitrogen and oxygen atoms in total.